The molecule has 1 N–H and O–H groups in total. The van der Waals surface area contributed by atoms with Gasteiger partial charge in [0, 0.05) is 13.1 Å². The molecule has 2 atom stereocenters. The van der Waals surface area contributed by atoms with Crippen LogP contribution in [0.25, 0.3) is 0 Å². The predicted molar refractivity (Wildman–Crippen MR) is 57.3 cm³/mol. The van der Waals surface area contributed by atoms with Crippen molar-refractivity contribution in [3.63, 3.8) is 0 Å². The summed E-state index contributed by atoms with van der Waals surface area (Å²) in [6.45, 7) is 4.92. The number of morpholine rings is 1. The van der Waals surface area contributed by atoms with E-state index in [1.807, 2.05) is 19.9 Å². The fourth-order valence-corrected chi connectivity index (χ4v) is 1.72. The molecule has 5 nitrogen and oxygen atoms in total. The number of carbonyl (C=O) groups is 1. The molecule has 0 aromatic heterocycles. The summed E-state index contributed by atoms with van der Waals surface area (Å²) in [6, 6.07) is 2.04. The first-order valence-corrected chi connectivity index (χ1v) is 5.51. The summed E-state index contributed by atoms with van der Waals surface area (Å²) >= 11 is 0. The third kappa shape index (κ3) is 2.94. The highest BCUT2D eigenvalue weighted by Gasteiger charge is 2.30. The zero-order valence-electron chi connectivity index (χ0n) is 9.72. The molecule has 0 spiro atoms. The maximum atomic E-state index is 12.0. The van der Waals surface area contributed by atoms with Crippen LogP contribution in [-0.4, -0.2) is 48.3 Å². The lowest BCUT2D eigenvalue weighted by molar-refractivity contribution is -0.143. The summed E-state index contributed by atoms with van der Waals surface area (Å²) in [5.41, 5.74) is 0. The molecule has 1 rings (SSSR count). The molecule has 0 saturated carbocycles. The van der Waals surface area contributed by atoms with Crippen LogP contribution < -0.4 is 0 Å². The molecule has 5 heteroatoms. The summed E-state index contributed by atoms with van der Waals surface area (Å²) in [6.07, 6.45) is -0.316. The molecule has 90 valence electrons. The second-order valence-electron chi connectivity index (χ2n) is 4.31. The largest absolute Gasteiger partial charge is 0.394 e. The number of aliphatic hydroxyl groups excluding tert-OH is 1. The molecule has 1 aliphatic rings. The van der Waals surface area contributed by atoms with Crippen LogP contribution >= 0.6 is 0 Å². The Hall–Kier alpha value is -1.12. The van der Waals surface area contributed by atoms with Crippen LogP contribution in [0.5, 0.6) is 0 Å². The van der Waals surface area contributed by atoms with Gasteiger partial charge in [-0.25, -0.2) is 0 Å². The second-order valence-corrected chi connectivity index (χ2v) is 4.31. The topological polar surface area (TPSA) is 73.6 Å². The Bertz CT molecular complexity index is 285. The summed E-state index contributed by atoms with van der Waals surface area (Å²) in [4.78, 5) is 13.6. The quantitative estimate of drug-likeness (QED) is 0.735. The smallest absolute Gasteiger partial charge is 0.240 e. The van der Waals surface area contributed by atoms with Gasteiger partial charge in [0.2, 0.25) is 5.91 Å². The van der Waals surface area contributed by atoms with Crippen molar-refractivity contribution in [2.24, 2.45) is 11.8 Å². The van der Waals surface area contributed by atoms with E-state index in [0.29, 0.717) is 19.7 Å². The van der Waals surface area contributed by atoms with Gasteiger partial charge in [-0.3, -0.25) is 4.79 Å². The van der Waals surface area contributed by atoms with E-state index in [1.54, 1.807) is 4.90 Å². The van der Waals surface area contributed by atoms with Crippen molar-refractivity contribution >= 4 is 5.91 Å². The van der Waals surface area contributed by atoms with E-state index in [4.69, 9.17) is 15.1 Å². The minimum absolute atomic E-state index is 0.00733. The molecule has 0 aliphatic carbocycles. The van der Waals surface area contributed by atoms with E-state index in [0.717, 1.165) is 0 Å². The van der Waals surface area contributed by atoms with E-state index >= 15 is 0 Å². The molecule has 1 fully saturated rings. The monoisotopic (exact) mass is 226 g/mol. The van der Waals surface area contributed by atoms with Crippen molar-refractivity contribution in [3.8, 4) is 6.07 Å². The van der Waals surface area contributed by atoms with Crippen molar-refractivity contribution in [1.82, 2.24) is 4.90 Å². The Morgan fingerprint density at radius 1 is 1.69 bits per heavy atom. The standard InChI is InChI=1S/C11H18N2O3/c1-8(2)10(5-12)11(15)13-3-4-16-9(6-13)7-14/h8-10,14H,3-4,6-7H2,1-2H3. The molecule has 1 heterocycles. The number of nitrogens with zero attached hydrogens (tertiary/aromatic N) is 2. The zero-order chi connectivity index (χ0) is 12.1. The first-order chi connectivity index (χ1) is 7.60. The Labute approximate surface area is 95.6 Å². The van der Waals surface area contributed by atoms with E-state index in [-0.39, 0.29) is 24.5 Å². The lowest BCUT2D eigenvalue weighted by atomic mass is 9.95. The molecule has 1 amide bonds. The molecule has 2 unspecified atom stereocenters. The second kappa shape index (κ2) is 5.83. The van der Waals surface area contributed by atoms with Crippen molar-refractivity contribution in [3.05, 3.63) is 0 Å². The minimum atomic E-state index is -0.600. The van der Waals surface area contributed by atoms with Crippen LogP contribution in [0.1, 0.15) is 13.8 Å². The summed E-state index contributed by atoms with van der Waals surface area (Å²) < 4.78 is 5.25. The molecule has 0 radical (unpaired) electrons. The van der Waals surface area contributed by atoms with Crippen molar-refractivity contribution in [2.75, 3.05) is 26.3 Å². The average Bonchev–Trinajstić information content (AvgIpc) is 2.29. The Morgan fingerprint density at radius 3 is 2.88 bits per heavy atom. The van der Waals surface area contributed by atoms with E-state index in [2.05, 4.69) is 0 Å². The Balaban J connectivity index is 2.63. The van der Waals surface area contributed by atoms with E-state index < -0.39 is 5.92 Å². The first-order valence-electron chi connectivity index (χ1n) is 5.51. The highest BCUT2D eigenvalue weighted by atomic mass is 16.5. The van der Waals surface area contributed by atoms with Crippen LogP contribution in [0.3, 0.4) is 0 Å². The summed E-state index contributed by atoms with van der Waals surface area (Å²) in [7, 11) is 0. The molecule has 1 aliphatic heterocycles. The number of hydrogen-bond acceptors (Lipinski definition) is 4. The van der Waals surface area contributed by atoms with Gasteiger partial charge in [0.05, 0.1) is 25.4 Å². The van der Waals surface area contributed by atoms with Gasteiger partial charge < -0.3 is 14.7 Å². The van der Waals surface area contributed by atoms with Gasteiger partial charge in [0.15, 0.2) is 0 Å². The first kappa shape index (κ1) is 12.9. The van der Waals surface area contributed by atoms with Crippen LogP contribution in [0.15, 0.2) is 0 Å². The predicted octanol–water partition coefficient (Wildman–Crippen LogP) is 0.00188. The van der Waals surface area contributed by atoms with E-state index in [9.17, 15) is 4.79 Å². The maximum Gasteiger partial charge on any atom is 0.240 e. The summed E-state index contributed by atoms with van der Waals surface area (Å²) in [5, 5.41) is 17.9. The van der Waals surface area contributed by atoms with Crippen LogP contribution in [0, 0.1) is 23.2 Å². The Kier molecular flexibility index (Phi) is 4.71. The van der Waals surface area contributed by atoms with Crippen molar-refractivity contribution in [1.29, 1.82) is 5.26 Å². The minimum Gasteiger partial charge on any atom is -0.394 e. The Morgan fingerprint density at radius 2 is 2.38 bits per heavy atom. The number of aliphatic hydroxyl groups is 1. The van der Waals surface area contributed by atoms with Crippen LogP contribution in [0.2, 0.25) is 0 Å². The van der Waals surface area contributed by atoms with Gasteiger partial charge in [-0.1, -0.05) is 13.8 Å². The number of hydrogen-bond donors (Lipinski definition) is 1. The number of amides is 1. The lowest BCUT2D eigenvalue weighted by Crippen LogP contribution is -2.49. The molecule has 16 heavy (non-hydrogen) atoms. The zero-order valence-corrected chi connectivity index (χ0v) is 9.72. The van der Waals surface area contributed by atoms with Crippen molar-refractivity contribution in [2.45, 2.75) is 20.0 Å². The third-order valence-electron chi connectivity index (χ3n) is 2.73. The van der Waals surface area contributed by atoms with Crippen molar-refractivity contribution < 1.29 is 14.6 Å². The molecular formula is C11H18N2O3. The van der Waals surface area contributed by atoms with Gasteiger partial charge >= 0.3 is 0 Å². The molecule has 0 aromatic rings. The molecular weight excluding hydrogens is 208 g/mol. The number of rotatable bonds is 3. The van der Waals surface area contributed by atoms with E-state index in [1.165, 1.54) is 0 Å². The number of ether oxygens (including phenoxy) is 1. The van der Waals surface area contributed by atoms with Gasteiger partial charge in [-0.2, -0.15) is 5.26 Å². The van der Waals surface area contributed by atoms with Gasteiger partial charge in [-0.05, 0) is 5.92 Å². The summed E-state index contributed by atoms with van der Waals surface area (Å²) in [5.74, 6) is -0.746. The molecule has 1 saturated heterocycles. The maximum absolute atomic E-state index is 12.0. The number of nitriles is 1. The normalized spacial score (nSPS) is 22.9. The van der Waals surface area contributed by atoms with Crippen LogP contribution in [0.4, 0.5) is 0 Å². The SMILES string of the molecule is CC(C)C(C#N)C(=O)N1CCOC(CO)C1. The molecule has 0 aromatic carbocycles. The molecule has 0 bridgehead atoms. The third-order valence-corrected chi connectivity index (χ3v) is 2.73. The van der Waals surface area contributed by atoms with Crippen LogP contribution in [-0.2, 0) is 9.53 Å². The number of carbonyl (C=O) groups excluding carboxylic acids is 1. The van der Waals surface area contributed by atoms with Gasteiger partial charge in [0.25, 0.3) is 0 Å². The fourth-order valence-electron chi connectivity index (χ4n) is 1.72. The fraction of sp³-hybridized carbons (Fsp3) is 0.818. The van der Waals surface area contributed by atoms with Gasteiger partial charge in [0.1, 0.15) is 5.92 Å². The highest BCUT2D eigenvalue weighted by molar-refractivity contribution is 5.81. The average molecular weight is 226 g/mol. The lowest BCUT2D eigenvalue weighted by Gasteiger charge is -2.33. The highest BCUT2D eigenvalue weighted by Crippen LogP contribution is 2.15. The van der Waals surface area contributed by atoms with Gasteiger partial charge in [-0.15, -0.1) is 0 Å².